The summed E-state index contributed by atoms with van der Waals surface area (Å²) in [5, 5.41) is 0. The quantitative estimate of drug-likeness (QED) is 0.130. The van der Waals surface area contributed by atoms with Crippen molar-refractivity contribution in [3.63, 3.8) is 0 Å². The van der Waals surface area contributed by atoms with Crippen LogP contribution in [0.5, 0.6) is 5.75 Å². The molecule has 0 heterocycles. The van der Waals surface area contributed by atoms with E-state index in [1.165, 1.54) is 0 Å². The molecule has 0 spiro atoms. The summed E-state index contributed by atoms with van der Waals surface area (Å²) in [5.41, 5.74) is 1.17. The van der Waals surface area contributed by atoms with Crippen LogP contribution in [0.25, 0.3) is 0 Å². The Labute approximate surface area is 327 Å². The molecule has 57 heavy (non-hydrogen) atoms. The molecule has 0 aromatic heterocycles. The highest BCUT2D eigenvalue weighted by Gasteiger charge is 2.59. The van der Waals surface area contributed by atoms with Gasteiger partial charge < -0.3 is 4.18 Å². The van der Waals surface area contributed by atoms with E-state index in [0.717, 1.165) is 44.1 Å². The molecule has 0 amide bonds. The van der Waals surface area contributed by atoms with Gasteiger partial charge in [-0.1, -0.05) is 12.1 Å². The molecule has 12 aliphatic rings. The molecule has 0 saturated heterocycles. The van der Waals surface area contributed by atoms with Crippen LogP contribution in [0.1, 0.15) is 111 Å². The molecule has 2 aromatic rings. The number of Topliss-reactive ketones (excluding diaryl/α,β-unsaturated/α-hetero) is 3. The molecule has 12 bridgehead atoms. The second-order valence-corrected chi connectivity index (χ2v) is 22.2. The van der Waals surface area contributed by atoms with Gasteiger partial charge in [0.05, 0.1) is 0 Å². The second kappa shape index (κ2) is 12.2. The third-order valence-corrected chi connectivity index (χ3v) is 18.8. The number of hydrogen-bond acceptors (Lipinski definition) is 8. The van der Waals surface area contributed by atoms with Crippen LogP contribution in [0.3, 0.4) is 0 Å². The predicted molar refractivity (Wildman–Crippen MR) is 191 cm³/mol. The fraction of sp³-hybridized carbons (Fsp3) is 0.643. The highest BCUT2D eigenvalue weighted by atomic mass is 32.2. The topological polar surface area (TPSA) is 149 Å². The fourth-order valence-electron chi connectivity index (χ4n) is 15.1. The summed E-state index contributed by atoms with van der Waals surface area (Å²) in [6.45, 7) is 0. The Morgan fingerprint density at radius 2 is 0.895 bits per heavy atom. The maximum atomic E-state index is 15.6. The lowest BCUT2D eigenvalue weighted by atomic mass is 9.48. The van der Waals surface area contributed by atoms with Crippen molar-refractivity contribution in [3.8, 4) is 5.75 Å². The van der Waals surface area contributed by atoms with E-state index < -0.39 is 82.7 Å². The van der Waals surface area contributed by atoms with Gasteiger partial charge >= 0.3 is 20.2 Å². The number of carbonyl (C=O) groups excluding carboxylic acids is 3. The van der Waals surface area contributed by atoms with E-state index >= 15 is 26.0 Å². The van der Waals surface area contributed by atoms with E-state index in [1.807, 2.05) is 0 Å². The van der Waals surface area contributed by atoms with Crippen molar-refractivity contribution < 1.29 is 57.5 Å². The number of carbonyl (C=O) groups is 3. The minimum Gasteiger partial charge on any atom is -0.372 e. The molecule has 15 unspecified atom stereocenters. The van der Waals surface area contributed by atoms with Gasteiger partial charge in [0.25, 0.3) is 0 Å². The molecule has 304 valence electrons. The summed E-state index contributed by atoms with van der Waals surface area (Å²) in [6, 6.07) is 3.51. The van der Waals surface area contributed by atoms with E-state index in [-0.39, 0.29) is 87.7 Å². The summed E-state index contributed by atoms with van der Waals surface area (Å²) >= 11 is 0. The first kappa shape index (κ1) is 36.9. The monoisotopic (exact) mass is 830 g/mol. The van der Waals surface area contributed by atoms with Crippen LogP contribution in [-0.4, -0.2) is 38.7 Å². The first-order valence-electron chi connectivity index (χ1n) is 20.5. The lowest BCUT2D eigenvalue weighted by Crippen LogP contribution is -2.52. The smallest absolute Gasteiger partial charge is 0.339 e. The van der Waals surface area contributed by atoms with Crippen molar-refractivity contribution in [1.82, 2.24) is 0 Å². The van der Waals surface area contributed by atoms with Crippen molar-refractivity contribution in [2.75, 3.05) is 0 Å². The van der Waals surface area contributed by atoms with E-state index in [2.05, 4.69) is 0 Å². The van der Waals surface area contributed by atoms with Gasteiger partial charge in [-0.05, 0) is 147 Å². The molecule has 2 aromatic carbocycles. The fourth-order valence-corrected chi connectivity index (χ4v) is 17.1. The molecule has 1 N–H and O–H groups in total. The predicted octanol–water partition coefficient (Wildman–Crippen LogP) is 7.41. The van der Waals surface area contributed by atoms with E-state index in [0.29, 0.717) is 44.4 Å². The van der Waals surface area contributed by atoms with Gasteiger partial charge in [-0.15, -0.1) is 0 Å². The lowest BCUT2D eigenvalue weighted by molar-refractivity contribution is -0.142. The Balaban J connectivity index is 1.15. The molecule has 0 radical (unpaired) electrons. The van der Waals surface area contributed by atoms with Crippen LogP contribution in [0.4, 0.5) is 17.6 Å². The Morgan fingerprint density at radius 3 is 1.30 bits per heavy atom. The molecular weight excluding hydrogens is 789 g/mol. The molecule has 12 aliphatic carbocycles. The summed E-state index contributed by atoms with van der Waals surface area (Å²) in [4.78, 5) is 39.1. The Hall–Kier alpha value is -3.17. The van der Waals surface area contributed by atoms with Crippen LogP contribution in [-0.2, 0) is 34.6 Å². The highest BCUT2D eigenvalue weighted by molar-refractivity contribution is 7.87. The van der Waals surface area contributed by atoms with E-state index in [1.54, 1.807) is 12.1 Å². The van der Waals surface area contributed by atoms with Crippen molar-refractivity contribution in [3.05, 3.63) is 52.1 Å². The number of hydrogen-bond donors (Lipinski definition) is 1. The molecule has 14 rings (SSSR count). The molecule has 9 nitrogen and oxygen atoms in total. The second-order valence-electron chi connectivity index (χ2n) is 19.4. The minimum atomic E-state index is -5.84. The van der Waals surface area contributed by atoms with Crippen LogP contribution in [0.2, 0.25) is 0 Å². The zero-order chi connectivity index (χ0) is 39.8. The normalized spacial score (nSPS) is 41.1. The average molecular weight is 831 g/mol. The van der Waals surface area contributed by atoms with Gasteiger partial charge in [-0.25, -0.2) is 8.78 Å². The van der Waals surface area contributed by atoms with Crippen LogP contribution in [0, 0.1) is 94.3 Å². The average Bonchev–Trinajstić information content (AvgIpc) is 3.14. The maximum Gasteiger partial charge on any atom is 0.339 e. The Morgan fingerprint density at radius 1 is 0.509 bits per heavy atom. The van der Waals surface area contributed by atoms with Gasteiger partial charge in [0.15, 0.2) is 16.5 Å². The molecule has 12 fully saturated rings. The van der Waals surface area contributed by atoms with Gasteiger partial charge in [-0.3, -0.25) is 18.9 Å². The van der Waals surface area contributed by atoms with Gasteiger partial charge in [0.1, 0.15) is 22.2 Å². The summed E-state index contributed by atoms with van der Waals surface area (Å²) in [6.07, 6.45) is 8.32. The van der Waals surface area contributed by atoms with Crippen LogP contribution in [0.15, 0.2) is 21.9 Å². The van der Waals surface area contributed by atoms with Crippen LogP contribution >= 0.6 is 0 Å². The molecule has 12 saturated carbocycles. The van der Waals surface area contributed by atoms with E-state index in [9.17, 15) is 27.4 Å². The molecular formula is C42H42F4O9S2. The van der Waals surface area contributed by atoms with Crippen molar-refractivity contribution in [1.29, 1.82) is 0 Å². The molecule has 0 aliphatic heterocycles. The van der Waals surface area contributed by atoms with Crippen molar-refractivity contribution in [2.45, 2.75) is 105 Å². The first-order chi connectivity index (χ1) is 27.0. The molecule has 15 atom stereocenters. The number of benzene rings is 2. The largest absolute Gasteiger partial charge is 0.372 e. The van der Waals surface area contributed by atoms with Gasteiger partial charge in [0.2, 0.25) is 17.4 Å². The van der Waals surface area contributed by atoms with Crippen LogP contribution < -0.4 is 4.18 Å². The number of ketones is 3. The first-order valence-corrected chi connectivity index (χ1v) is 23.4. The zero-order valence-electron chi connectivity index (χ0n) is 30.8. The van der Waals surface area contributed by atoms with Gasteiger partial charge in [0, 0.05) is 35.5 Å². The SMILES string of the molecule is O=C1C2CC3CC(C2)C(c2cc(C4C5CC6CC(C5)C(=O)C4C6)c(S(=O)(=O)Oc4c(F)c(F)c(S(=O)(=O)O)c(F)c4F)c(C4C5CC6CC(C5)C(=O)C4C6)c2)C1C3. The minimum absolute atomic E-state index is 0.0161. The summed E-state index contributed by atoms with van der Waals surface area (Å²) in [5.74, 6) is -14.3. The highest BCUT2D eigenvalue weighted by Crippen LogP contribution is 2.64. The van der Waals surface area contributed by atoms with Gasteiger partial charge in [-0.2, -0.15) is 25.6 Å². The Bertz CT molecular complexity index is 2330. The maximum absolute atomic E-state index is 15.6. The van der Waals surface area contributed by atoms with E-state index in [4.69, 9.17) is 4.18 Å². The third-order valence-electron chi connectivity index (χ3n) is 16.6. The summed E-state index contributed by atoms with van der Waals surface area (Å²) < 4.78 is 130. The summed E-state index contributed by atoms with van der Waals surface area (Å²) in [7, 11) is -11.3. The third kappa shape index (κ3) is 5.21. The molecule has 15 heteroatoms. The van der Waals surface area contributed by atoms with Crippen molar-refractivity contribution >= 4 is 37.6 Å². The number of halogens is 4. The standard InChI is InChI=1S/C42H42F4O9S2/c43-33-35(45)42(56(50,51)52)36(46)34(44)40(33)55-57(53,54)41-28(31-19-2-16-5-23(11-19)38(48)26(31)8-16)13-21(30-18-1-15-4-22(10-18)37(47)25(30)7-15)14-29(41)32-20-3-17-6-24(12-20)39(49)27(32)9-17/h13-20,22-27,30-32H,1-12H2,(H,50,51,52). The number of rotatable bonds is 7. The lowest BCUT2D eigenvalue weighted by Gasteiger charge is -2.56. The zero-order valence-corrected chi connectivity index (χ0v) is 32.5. The van der Waals surface area contributed by atoms with Crippen molar-refractivity contribution in [2.24, 2.45) is 71.0 Å². The Kier molecular flexibility index (Phi) is 7.90.